The Morgan fingerprint density at radius 2 is 1.95 bits per heavy atom. The summed E-state index contributed by atoms with van der Waals surface area (Å²) in [7, 11) is 0. The first-order valence-corrected chi connectivity index (χ1v) is 13.7. The van der Waals surface area contributed by atoms with E-state index in [0.29, 0.717) is 30.9 Å². The molecule has 0 bridgehead atoms. The monoisotopic (exact) mass is 496 g/mol. The quantitative estimate of drug-likeness (QED) is 0.478. The largest absolute Gasteiger partial charge is 0.489 e. The molecule has 3 aromatic rings. The second kappa shape index (κ2) is 9.94. The number of pyridine rings is 1. The lowest BCUT2D eigenvalue weighted by atomic mass is 9.55. The van der Waals surface area contributed by atoms with Gasteiger partial charge in [-0.1, -0.05) is 49.4 Å². The standard InChI is InChI=1S/C32H36N2O3/c1-32-14-13-26-25-12-10-24(37-20-21-6-3-2-4-7-21)16-23(25)9-11-27(26)29(32)17-28(30(32)35)31(36)34-19-22-8-5-15-33-18-22/h2-8,10,12,15-16,18,26-30,35H,9,11,13-14,17,19-20H2,1H3,(H,34,36)/t26?,27?,28?,29?,30-,32-/m0/s1. The van der Waals surface area contributed by atoms with Crippen molar-refractivity contribution in [3.8, 4) is 5.75 Å². The van der Waals surface area contributed by atoms with E-state index >= 15 is 0 Å². The number of amides is 1. The second-order valence-electron chi connectivity index (χ2n) is 11.5. The van der Waals surface area contributed by atoms with Gasteiger partial charge in [-0.25, -0.2) is 0 Å². The van der Waals surface area contributed by atoms with E-state index in [-0.39, 0.29) is 17.2 Å². The van der Waals surface area contributed by atoms with Gasteiger partial charge < -0.3 is 15.2 Å². The van der Waals surface area contributed by atoms with E-state index in [4.69, 9.17) is 4.74 Å². The fourth-order valence-electron chi connectivity index (χ4n) is 7.48. The Kier molecular flexibility index (Phi) is 6.49. The van der Waals surface area contributed by atoms with Crippen molar-refractivity contribution in [2.45, 2.75) is 64.2 Å². The predicted octanol–water partition coefficient (Wildman–Crippen LogP) is 5.42. The molecule has 0 saturated heterocycles. The molecule has 4 unspecified atom stereocenters. The maximum atomic E-state index is 13.2. The van der Waals surface area contributed by atoms with Crippen LogP contribution < -0.4 is 10.1 Å². The number of carbonyl (C=O) groups is 1. The Hall–Kier alpha value is -3.18. The van der Waals surface area contributed by atoms with Crippen molar-refractivity contribution in [3.63, 3.8) is 0 Å². The zero-order valence-corrected chi connectivity index (χ0v) is 21.5. The van der Waals surface area contributed by atoms with Crippen LogP contribution in [0.2, 0.25) is 0 Å². The van der Waals surface area contributed by atoms with Gasteiger partial charge in [0.05, 0.1) is 12.0 Å². The predicted molar refractivity (Wildman–Crippen MR) is 143 cm³/mol. The molecule has 3 aliphatic rings. The smallest absolute Gasteiger partial charge is 0.226 e. The molecule has 0 spiro atoms. The Morgan fingerprint density at radius 3 is 2.76 bits per heavy atom. The molecule has 1 amide bonds. The zero-order valence-electron chi connectivity index (χ0n) is 21.5. The van der Waals surface area contributed by atoms with Gasteiger partial charge >= 0.3 is 0 Å². The summed E-state index contributed by atoms with van der Waals surface area (Å²) in [6, 6.07) is 20.7. The number of aromatic nitrogens is 1. The van der Waals surface area contributed by atoms with Crippen LogP contribution in [0.5, 0.6) is 5.75 Å². The van der Waals surface area contributed by atoms with Crippen molar-refractivity contribution in [1.29, 1.82) is 0 Å². The number of carbonyl (C=O) groups excluding carboxylic acids is 1. The lowest BCUT2D eigenvalue weighted by Crippen LogP contribution is -2.45. The average molecular weight is 497 g/mol. The van der Waals surface area contributed by atoms with Gasteiger partial charge in [-0.15, -0.1) is 0 Å². The van der Waals surface area contributed by atoms with Crippen molar-refractivity contribution >= 4 is 5.91 Å². The number of rotatable bonds is 6. The Bertz CT molecular complexity index is 1250. The summed E-state index contributed by atoms with van der Waals surface area (Å²) in [5, 5.41) is 14.5. The first-order valence-electron chi connectivity index (χ1n) is 13.7. The van der Waals surface area contributed by atoms with Crippen LogP contribution in [-0.4, -0.2) is 22.1 Å². The fraction of sp³-hybridized carbons (Fsp3) is 0.438. The van der Waals surface area contributed by atoms with Crippen molar-refractivity contribution in [1.82, 2.24) is 10.3 Å². The molecule has 3 aliphatic carbocycles. The third-order valence-electron chi connectivity index (χ3n) is 9.47. The van der Waals surface area contributed by atoms with Crippen LogP contribution in [0.25, 0.3) is 0 Å². The average Bonchev–Trinajstić information content (AvgIpc) is 3.22. The van der Waals surface area contributed by atoms with Crippen molar-refractivity contribution in [3.05, 3.63) is 95.3 Å². The van der Waals surface area contributed by atoms with Crippen LogP contribution in [0, 0.1) is 23.2 Å². The number of aliphatic hydroxyl groups excluding tert-OH is 1. The molecule has 0 aliphatic heterocycles. The number of aryl methyl sites for hydroxylation is 1. The van der Waals surface area contributed by atoms with E-state index in [1.807, 2.05) is 30.3 Å². The van der Waals surface area contributed by atoms with E-state index in [0.717, 1.165) is 43.4 Å². The van der Waals surface area contributed by atoms with Crippen LogP contribution in [0.1, 0.15) is 60.8 Å². The van der Waals surface area contributed by atoms with Crippen LogP contribution in [-0.2, 0) is 24.4 Å². The van der Waals surface area contributed by atoms with Gasteiger partial charge in [-0.3, -0.25) is 9.78 Å². The SMILES string of the molecule is C[C@]12CCC3c4ccc(OCc5ccccc5)cc4CCC3C1CC(C(=O)NCc1cccnc1)[C@@H]2O. The van der Waals surface area contributed by atoms with Crippen LogP contribution in [0.4, 0.5) is 0 Å². The number of benzene rings is 2. The molecule has 5 heteroatoms. The topological polar surface area (TPSA) is 71.5 Å². The first-order chi connectivity index (χ1) is 18.0. The van der Waals surface area contributed by atoms with Gasteiger partial charge in [0.25, 0.3) is 0 Å². The summed E-state index contributed by atoms with van der Waals surface area (Å²) < 4.78 is 6.11. The highest BCUT2D eigenvalue weighted by molar-refractivity contribution is 5.80. The molecule has 192 valence electrons. The molecule has 0 radical (unpaired) electrons. The molecule has 1 aromatic heterocycles. The number of hydrogen-bond acceptors (Lipinski definition) is 4. The molecule has 6 atom stereocenters. The summed E-state index contributed by atoms with van der Waals surface area (Å²) >= 11 is 0. The number of aliphatic hydroxyl groups is 1. The van der Waals surface area contributed by atoms with E-state index in [1.165, 1.54) is 16.7 Å². The minimum Gasteiger partial charge on any atom is -0.489 e. The van der Waals surface area contributed by atoms with E-state index in [9.17, 15) is 9.90 Å². The number of ether oxygens (including phenoxy) is 1. The first kappa shape index (κ1) is 24.2. The lowest BCUT2D eigenvalue weighted by molar-refractivity contribution is -0.129. The van der Waals surface area contributed by atoms with Crippen LogP contribution >= 0.6 is 0 Å². The maximum Gasteiger partial charge on any atom is 0.226 e. The molecule has 37 heavy (non-hydrogen) atoms. The molecule has 2 aromatic carbocycles. The van der Waals surface area contributed by atoms with Crippen LogP contribution in [0.15, 0.2) is 73.1 Å². The highest BCUT2D eigenvalue weighted by Gasteiger charge is 2.59. The molecular weight excluding hydrogens is 460 g/mol. The van der Waals surface area contributed by atoms with Gasteiger partial charge in [0.1, 0.15) is 12.4 Å². The molecule has 2 saturated carbocycles. The fourth-order valence-corrected chi connectivity index (χ4v) is 7.48. The number of nitrogens with one attached hydrogen (secondary N) is 1. The van der Waals surface area contributed by atoms with Gasteiger partial charge in [-0.05, 0) is 95.7 Å². The highest BCUT2D eigenvalue weighted by Crippen LogP contribution is 2.62. The summed E-state index contributed by atoms with van der Waals surface area (Å²) in [6.45, 7) is 3.25. The molecule has 2 fully saturated rings. The number of fused-ring (bicyclic) bond motifs is 5. The lowest BCUT2D eigenvalue weighted by Gasteiger charge is -2.50. The Balaban J connectivity index is 1.15. The van der Waals surface area contributed by atoms with Gasteiger partial charge in [0, 0.05) is 18.9 Å². The minimum atomic E-state index is -0.595. The highest BCUT2D eigenvalue weighted by atomic mass is 16.5. The minimum absolute atomic E-state index is 0.0278. The zero-order chi connectivity index (χ0) is 25.4. The maximum absolute atomic E-state index is 13.2. The van der Waals surface area contributed by atoms with E-state index in [1.54, 1.807) is 12.4 Å². The molecule has 5 nitrogen and oxygen atoms in total. The Labute approximate surface area is 219 Å². The van der Waals surface area contributed by atoms with Gasteiger partial charge in [0.2, 0.25) is 5.91 Å². The molecule has 1 heterocycles. The normalized spacial score (nSPS) is 30.1. The third-order valence-corrected chi connectivity index (χ3v) is 9.47. The molecule has 6 rings (SSSR count). The summed E-state index contributed by atoms with van der Waals surface area (Å²) in [6.07, 6.45) is 7.83. The number of nitrogens with zero attached hydrogens (tertiary/aromatic N) is 1. The second-order valence-corrected chi connectivity index (χ2v) is 11.5. The van der Waals surface area contributed by atoms with Crippen molar-refractivity contribution < 1.29 is 14.6 Å². The Morgan fingerprint density at radius 1 is 1.11 bits per heavy atom. The summed E-state index contributed by atoms with van der Waals surface area (Å²) in [4.78, 5) is 17.3. The van der Waals surface area contributed by atoms with E-state index in [2.05, 4.69) is 47.6 Å². The summed E-state index contributed by atoms with van der Waals surface area (Å²) in [5.41, 5.74) is 4.80. The summed E-state index contributed by atoms with van der Waals surface area (Å²) in [5.74, 6) is 1.92. The molecular formula is C32H36N2O3. The van der Waals surface area contributed by atoms with Crippen molar-refractivity contribution in [2.75, 3.05) is 0 Å². The van der Waals surface area contributed by atoms with Crippen molar-refractivity contribution in [2.24, 2.45) is 23.2 Å². The number of hydrogen-bond donors (Lipinski definition) is 2. The van der Waals surface area contributed by atoms with E-state index < -0.39 is 6.10 Å². The molecule has 2 N–H and O–H groups in total. The van der Waals surface area contributed by atoms with Gasteiger partial charge in [-0.2, -0.15) is 0 Å². The van der Waals surface area contributed by atoms with Gasteiger partial charge in [0.15, 0.2) is 0 Å². The van der Waals surface area contributed by atoms with Crippen LogP contribution in [0.3, 0.4) is 0 Å². The third kappa shape index (κ3) is 4.54.